The number of H-pyrrole nitrogens is 1. The van der Waals surface area contributed by atoms with Crippen molar-refractivity contribution >= 4 is 64.0 Å². The van der Waals surface area contributed by atoms with Gasteiger partial charge in [-0.2, -0.15) is 0 Å². The van der Waals surface area contributed by atoms with Crippen LogP contribution in [0.1, 0.15) is 10.6 Å². The quantitative estimate of drug-likeness (QED) is 0.674. The Morgan fingerprint density at radius 2 is 2.00 bits per heavy atom. The Balaban J connectivity index is 2.62. The van der Waals surface area contributed by atoms with Crippen LogP contribution >= 0.6 is 58.0 Å². The van der Waals surface area contributed by atoms with E-state index in [0.29, 0.717) is 0 Å². The van der Waals surface area contributed by atoms with Crippen molar-refractivity contribution in [1.82, 2.24) is 9.97 Å². The van der Waals surface area contributed by atoms with Crippen LogP contribution in [0.2, 0.25) is 10.3 Å². The maximum atomic E-state index is 11.2. The van der Waals surface area contributed by atoms with Crippen LogP contribution in [-0.4, -0.2) is 26.3 Å². The zero-order valence-electron chi connectivity index (χ0n) is 6.86. The summed E-state index contributed by atoms with van der Waals surface area (Å²) in [5, 5.41) is 0.00926. The molecule has 0 fully saturated rings. The van der Waals surface area contributed by atoms with E-state index in [2.05, 4.69) is 14.7 Å². The summed E-state index contributed by atoms with van der Waals surface area (Å²) in [6.07, 6.45) is 0. The van der Waals surface area contributed by atoms with Crippen LogP contribution in [0, 0.1) is 0 Å². The van der Waals surface area contributed by atoms with Crippen molar-refractivity contribution in [1.29, 1.82) is 0 Å². The van der Waals surface area contributed by atoms with Crippen LogP contribution in [0.5, 0.6) is 0 Å². The van der Waals surface area contributed by atoms with Crippen molar-refractivity contribution in [2.75, 3.05) is 6.61 Å². The molecule has 0 aromatic carbocycles. The molecule has 0 spiro atoms. The van der Waals surface area contributed by atoms with Crippen molar-refractivity contribution in [2.45, 2.75) is 3.79 Å². The summed E-state index contributed by atoms with van der Waals surface area (Å²) in [6, 6.07) is 0. The molecule has 1 aromatic heterocycles. The SMILES string of the molecule is O=C(OCC(Cl)(Cl)Cl)c1nc(Cl)c(Cl)[nH]1. The van der Waals surface area contributed by atoms with E-state index in [-0.39, 0.29) is 16.1 Å². The van der Waals surface area contributed by atoms with Gasteiger partial charge in [-0.1, -0.05) is 58.0 Å². The average Bonchev–Trinajstić information content (AvgIpc) is 2.42. The molecule has 1 heterocycles. The third-order valence-electron chi connectivity index (χ3n) is 1.18. The number of carbonyl (C=O) groups is 1. The number of aromatic nitrogens is 2. The molecule has 1 N–H and O–H groups in total. The fourth-order valence-electron chi connectivity index (χ4n) is 0.643. The molecular weight excluding hydrogens is 309 g/mol. The predicted molar refractivity (Wildman–Crippen MR) is 59.2 cm³/mol. The molecule has 0 aliphatic heterocycles. The van der Waals surface area contributed by atoms with Gasteiger partial charge >= 0.3 is 5.97 Å². The number of nitrogens with zero attached hydrogens (tertiary/aromatic N) is 1. The fraction of sp³-hybridized carbons (Fsp3) is 0.333. The highest BCUT2D eigenvalue weighted by Gasteiger charge is 2.24. The van der Waals surface area contributed by atoms with Gasteiger partial charge in [0.15, 0.2) is 5.15 Å². The van der Waals surface area contributed by atoms with Crippen molar-refractivity contribution in [3.05, 3.63) is 16.1 Å². The van der Waals surface area contributed by atoms with Crippen LogP contribution in [-0.2, 0) is 4.74 Å². The molecule has 0 aliphatic carbocycles. The standard InChI is InChI=1S/C6H3Cl5N2O2/c7-2-3(8)13-4(12-2)5(14)15-1-6(9,10)11/h1H2,(H,12,13). The smallest absolute Gasteiger partial charge is 0.374 e. The highest BCUT2D eigenvalue weighted by Crippen LogP contribution is 2.26. The Hall–Kier alpha value is 0.130. The molecule has 1 rings (SSSR count). The van der Waals surface area contributed by atoms with Gasteiger partial charge in [-0.15, -0.1) is 0 Å². The second-order valence-corrected chi connectivity index (χ2v) is 5.63. The molecule has 0 saturated carbocycles. The van der Waals surface area contributed by atoms with Gasteiger partial charge in [0.2, 0.25) is 9.62 Å². The molecular formula is C6H3Cl5N2O2. The molecule has 15 heavy (non-hydrogen) atoms. The molecule has 0 unspecified atom stereocenters. The number of ether oxygens (including phenoxy) is 1. The third kappa shape index (κ3) is 4.25. The van der Waals surface area contributed by atoms with E-state index in [1.165, 1.54) is 0 Å². The van der Waals surface area contributed by atoms with Crippen LogP contribution in [0.4, 0.5) is 0 Å². The van der Waals surface area contributed by atoms with Crippen molar-refractivity contribution < 1.29 is 9.53 Å². The summed E-state index contributed by atoms with van der Waals surface area (Å²) in [5.74, 6) is -0.964. The van der Waals surface area contributed by atoms with Gasteiger partial charge < -0.3 is 9.72 Å². The van der Waals surface area contributed by atoms with Crippen molar-refractivity contribution in [2.24, 2.45) is 0 Å². The van der Waals surface area contributed by atoms with Gasteiger partial charge in [-0.05, 0) is 0 Å². The van der Waals surface area contributed by atoms with E-state index < -0.39 is 16.4 Å². The Bertz CT molecular complexity index is 353. The summed E-state index contributed by atoms with van der Waals surface area (Å²) < 4.78 is 2.94. The van der Waals surface area contributed by atoms with E-state index >= 15 is 0 Å². The number of imidazole rings is 1. The largest absolute Gasteiger partial charge is 0.455 e. The normalized spacial score (nSPS) is 11.5. The predicted octanol–water partition coefficient (Wildman–Crippen LogP) is 3.24. The van der Waals surface area contributed by atoms with E-state index in [0.717, 1.165) is 0 Å². The lowest BCUT2D eigenvalue weighted by Gasteiger charge is -2.09. The molecule has 0 aliphatic rings. The van der Waals surface area contributed by atoms with Crippen molar-refractivity contribution in [3.8, 4) is 0 Å². The molecule has 0 bridgehead atoms. The molecule has 84 valence electrons. The van der Waals surface area contributed by atoms with Gasteiger partial charge in [0.1, 0.15) is 11.8 Å². The second kappa shape index (κ2) is 4.97. The zero-order chi connectivity index (χ0) is 11.6. The first kappa shape index (κ1) is 13.2. The minimum Gasteiger partial charge on any atom is -0.455 e. The summed E-state index contributed by atoms with van der Waals surface area (Å²) in [4.78, 5) is 17.2. The second-order valence-electron chi connectivity index (χ2n) is 2.38. The number of alkyl halides is 3. The van der Waals surface area contributed by atoms with Gasteiger partial charge in [-0.3, -0.25) is 0 Å². The molecule has 0 radical (unpaired) electrons. The first-order chi connectivity index (χ1) is 6.79. The Kier molecular flexibility index (Phi) is 4.38. The number of esters is 1. The molecule has 9 heteroatoms. The number of hydrogen-bond acceptors (Lipinski definition) is 3. The molecule has 0 atom stereocenters. The lowest BCUT2D eigenvalue weighted by molar-refractivity contribution is 0.0499. The van der Waals surface area contributed by atoms with Gasteiger partial charge in [-0.25, -0.2) is 9.78 Å². The summed E-state index contributed by atoms with van der Waals surface area (Å²) in [6.45, 7) is -0.396. The number of aromatic amines is 1. The van der Waals surface area contributed by atoms with Gasteiger partial charge in [0.25, 0.3) is 0 Å². The number of hydrogen-bond donors (Lipinski definition) is 1. The number of nitrogens with one attached hydrogen (secondary N) is 1. The van der Waals surface area contributed by atoms with Crippen LogP contribution in [0.3, 0.4) is 0 Å². The minimum absolute atomic E-state index is 0.0301. The molecule has 1 aromatic rings. The summed E-state index contributed by atoms with van der Waals surface area (Å²) in [7, 11) is 0. The van der Waals surface area contributed by atoms with Crippen molar-refractivity contribution in [3.63, 3.8) is 0 Å². The first-order valence-corrected chi connectivity index (χ1v) is 5.33. The highest BCUT2D eigenvalue weighted by atomic mass is 35.6. The van der Waals surface area contributed by atoms with E-state index in [1.54, 1.807) is 0 Å². The summed E-state index contributed by atoms with van der Waals surface area (Å²) in [5.41, 5.74) is 0. The number of carbonyl (C=O) groups excluding carboxylic acids is 1. The molecule has 0 amide bonds. The minimum atomic E-state index is -1.67. The number of rotatable bonds is 2. The summed E-state index contributed by atoms with van der Waals surface area (Å²) >= 11 is 27.1. The lowest BCUT2D eigenvalue weighted by Crippen LogP contribution is -2.18. The van der Waals surface area contributed by atoms with Crippen LogP contribution in [0.25, 0.3) is 0 Å². The Labute approximate surface area is 110 Å². The third-order valence-corrected chi connectivity index (χ3v) is 2.15. The van der Waals surface area contributed by atoms with Crippen LogP contribution < -0.4 is 0 Å². The fourth-order valence-corrected chi connectivity index (χ4v) is 1.07. The number of halogens is 5. The highest BCUT2D eigenvalue weighted by molar-refractivity contribution is 6.67. The van der Waals surface area contributed by atoms with Crippen LogP contribution in [0.15, 0.2) is 0 Å². The van der Waals surface area contributed by atoms with Gasteiger partial charge in [0.05, 0.1) is 0 Å². The lowest BCUT2D eigenvalue weighted by atomic mass is 10.6. The maximum absolute atomic E-state index is 11.2. The molecule has 0 saturated heterocycles. The maximum Gasteiger partial charge on any atom is 0.374 e. The topological polar surface area (TPSA) is 55.0 Å². The average molecular weight is 312 g/mol. The first-order valence-electron chi connectivity index (χ1n) is 3.44. The Morgan fingerprint density at radius 1 is 1.40 bits per heavy atom. The van der Waals surface area contributed by atoms with E-state index in [9.17, 15) is 4.79 Å². The zero-order valence-corrected chi connectivity index (χ0v) is 10.6. The van der Waals surface area contributed by atoms with E-state index in [1.807, 2.05) is 0 Å². The van der Waals surface area contributed by atoms with E-state index in [4.69, 9.17) is 58.0 Å². The molecule has 4 nitrogen and oxygen atoms in total. The Morgan fingerprint density at radius 3 is 2.40 bits per heavy atom. The monoisotopic (exact) mass is 310 g/mol. The van der Waals surface area contributed by atoms with Gasteiger partial charge in [0, 0.05) is 0 Å².